The minimum absolute atomic E-state index is 0.164. The molecule has 13 heavy (non-hydrogen) atoms. The molecule has 0 aliphatic heterocycles. The number of hydrogen-bond acceptors (Lipinski definition) is 4. The fourth-order valence-corrected chi connectivity index (χ4v) is 0.997. The van der Waals surface area contributed by atoms with E-state index in [1.54, 1.807) is 19.3 Å². The van der Waals surface area contributed by atoms with E-state index < -0.39 is 0 Å². The lowest BCUT2D eigenvalue weighted by molar-refractivity contribution is 0.408. The van der Waals surface area contributed by atoms with Gasteiger partial charge in [-0.25, -0.2) is 4.98 Å². The Morgan fingerprint density at radius 1 is 1.69 bits per heavy atom. The molecule has 0 aliphatic carbocycles. The molecule has 1 rings (SSSR count). The van der Waals surface area contributed by atoms with Crippen molar-refractivity contribution in [3.8, 4) is 5.75 Å². The van der Waals surface area contributed by atoms with Gasteiger partial charge in [0.1, 0.15) is 5.75 Å². The highest BCUT2D eigenvalue weighted by Crippen LogP contribution is 2.20. The van der Waals surface area contributed by atoms with Crippen LogP contribution in [0.4, 0.5) is 5.82 Å². The van der Waals surface area contributed by atoms with Gasteiger partial charge in [0.05, 0.1) is 12.8 Å². The van der Waals surface area contributed by atoms with Crippen LogP contribution in [0.3, 0.4) is 0 Å². The summed E-state index contributed by atoms with van der Waals surface area (Å²) >= 11 is 0. The van der Waals surface area contributed by atoms with Crippen molar-refractivity contribution >= 4 is 5.82 Å². The second-order valence-electron chi connectivity index (χ2n) is 2.40. The number of allylic oxidation sites excluding steroid dienone is 1. The molecule has 0 bridgehead atoms. The third-order valence-electron chi connectivity index (χ3n) is 1.57. The van der Waals surface area contributed by atoms with E-state index in [1.807, 2.05) is 0 Å². The van der Waals surface area contributed by atoms with Crippen LogP contribution in [0.15, 0.2) is 30.0 Å². The van der Waals surface area contributed by atoms with Crippen LogP contribution in [-0.4, -0.2) is 12.1 Å². The lowest BCUT2D eigenvalue weighted by atomic mass is 10.2. The van der Waals surface area contributed by atoms with Gasteiger partial charge in [-0.05, 0) is 17.3 Å². The zero-order valence-corrected chi connectivity index (χ0v) is 7.36. The molecule has 0 amide bonds. The average Bonchev–Trinajstić information content (AvgIpc) is 2.18. The van der Waals surface area contributed by atoms with Gasteiger partial charge in [0.15, 0.2) is 5.82 Å². The molecule has 0 radical (unpaired) electrons. The number of ether oxygens (including phenoxy) is 1. The molecule has 1 aromatic heterocycles. The van der Waals surface area contributed by atoms with Gasteiger partial charge in [-0.3, -0.25) is 0 Å². The van der Waals surface area contributed by atoms with Crippen molar-refractivity contribution in [1.29, 1.82) is 0 Å². The summed E-state index contributed by atoms with van der Waals surface area (Å²) in [7, 11) is 1.55. The van der Waals surface area contributed by atoms with Gasteiger partial charge in [-0.1, -0.05) is 6.08 Å². The highest BCUT2D eigenvalue weighted by atomic mass is 16.5. The number of aromatic nitrogens is 1. The van der Waals surface area contributed by atoms with E-state index in [0.717, 1.165) is 0 Å². The molecule has 1 heterocycles. The third kappa shape index (κ3) is 2.11. The Morgan fingerprint density at radius 2 is 2.46 bits per heavy atom. The zero-order valence-electron chi connectivity index (χ0n) is 7.36. The molecular weight excluding hydrogens is 168 g/mol. The molecule has 0 aliphatic rings. The van der Waals surface area contributed by atoms with Crippen LogP contribution < -0.4 is 4.74 Å². The number of rotatable bonds is 4. The van der Waals surface area contributed by atoms with Gasteiger partial charge in [0.25, 0.3) is 0 Å². The van der Waals surface area contributed by atoms with Crippen molar-refractivity contribution in [3.63, 3.8) is 0 Å². The van der Waals surface area contributed by atoms with E-state index in [-0.39, 0.29) is 5.82 Å². The van der Waals surface area contributed by atoms with E-state index in [4.69, 9.17) is 4.74 Å². The van der Waals surface area contributed by atoms with Gasteiger partial charge < -0.3 is 4.74 Å². The maximum atomic E-state index is 10.2. The largest absolute Gasteiger partial charge is 0.495 e. The third-order valence-corrected chi connectivity index (χ3v) is 1.57. The van der Waals surface area contributed by atoms with Crippen molar-refractivity contribution < 1.29 is 4.74 Å². The minimum Gasteiger partial charge on any atom is -0.495 e. The van der Waals surface area contributed by atoms with Gasteiger partial charge in [-0.15, -0.1) is 11.5 Å². The maximum absolute atomic E-state index is 10.2. The van der Waals surface area contributed by atoms with Crippen LogP contribution in [-0.2, 0) is 6.42 Å². The van der Waals surface area contributed by atoms with Crippen molar-refractivity contribution in [2.45, 2.75) is 6.42 Å². The number of pyridine rings is 1. The van der Waals surface area contributed by atoms with Crippen molar-refractivity contribution in [2.24, 2.45) is 5.18 Å². The average molecular weight is 178 g/mol. The summed E-state index contributed by atoms with van der Waals surface area (Å²) in [5, 5.41) is 2.74. The van der Waals surface area contributed by atoms with Crippen LogP contribution in [0.25, 0.3) is 0 Å². The summed E-state index contributed by atoms with van der Waals surface area (Å²) in [5.41, 5.74) is 0.676. The molecule has 0 unspecified atom stereocenters. The zero-order chi connectivity index (χ0) is 9.68. The maximum Gasteiger partial charge on any atom is 0.196 e. The van der Waals surface area contributed by atoms with Crippen LogP contribution in [0.2, 0.25) is 0 Å². The second-order valence-corrected chi connectivity index (χ2v) is 2.40. The highest BCUT2D eigenvalue weighted by molar-refractivity contribution is 5.38. The molecule has 0 saturated heterocycles. The fraction of sp³-hybridized carbons (Fsp3) is 0.222. The normalized spacial score (nSPS) is 9.31. The number of nitroso groups, excluding NO2 is 1. The summed E-state index contributed by atoms with van der Waals surface area (Å²) in [6.45, 7) is 3.58. The predicted octanol–water partition coefficient (Wildman–Crippen LogP) is 2.22. The first-order chi connectivity index (χ1) is 6.31. The lowest BCUT2D eigenvalue weighted by Crippen LogP contribution is -1.93. The lowest BCUT2D eigenvalue weighted by Gasteiger charge is -2.04. The molecule has 0 N–H and O–H groups in total. The van der Waals surface area contributed by atoms with Crippen LogP contribution in [0.1, 0.15) is 5.69 Å². The van der Waals surface area contributed by atoms with E-state index in [0.29, 0.717) is 17.9 Å². The van der Waals surface area contributed by atoms with Crippen molar-refractivity contribution in [3.05, 3.63) is 35.4 Å². The van der Waals surface area contributed by atoms with Crippen molar-refractivity contribution in [2.75, 3.05) is 7.11 Å². The molecule has 0 aromatic carbocycles. The van der Waals surface area contributed by atoms with Crippen LogP contribution >= 0.6 is 0 Å². The Morgan fingerprint density at radius 3 is 3.00 bits per heavy atom. The number of nitrogens with zero attached hydrogens (tertiary/aromatic N) is 2. The SMILES string of the molecule is C=CCc1nc(N=O)ccc1OC. The fourth-order valence-electron chi connectivity index (χ4n) is 0.997. The van der Waals surface area contributed by atoms with Gasteiger partial charge in [-0.2, -0.15) is 0 Å². The molecule has 4 nitrogen and oxygen atoms in total. The van der Waals surface area contributed by atoms with E-state index in [2.05, 4.69) is 16.7 Å². The van der Waals surface area contributed by atoms with Gasteiger partial charge in [0, 0.05) is 6.42 Å². The molecule has 4 heteroatoms. The Kier molecular flexibility index (Phi) is 3.14. The topological polar surface area (TPSA) is 51.5 Å². The first-order valence-electron chi connectivity index (χ1n) is 3.80. The molecule has 0 atom stereocenters. The monoisotopic (exact) mass is 178 g/mol. The molecule has 0 saturated carbocycles. The van der Waals surface area contributed by atoms with Crippen LogP contribution in [0.5, 0.6) is 5.75 Å². The smallest absolute Gasteiger partial charge is 0.196 e. The molecule has 1 aromatic rings. The van der Waals surface area contributed by atoms with E-state index >= 15 is 0 Å². The summed E-state index contributed by atoms with van der Waals surface area (Å²) in [5.74, 6) is 0.810. The Balaban J connectivity index is 3.08. The summed E-state index contributed by atoms with van der Waals surface area (Å²) in [6, 6.07) is 3.18. The second kappa shape index (κ2) is 4.35. The standard InChI is InChI=1S/C9H10N2O2/c1-3-4-7-8(13-2)5-6-9(10-7)11-12/h3,5-6H,1,4H2,2H3. The van der Waals surface area contributed by atoms with Crippen molar-refractivity contribution in [1.82, 2.24) is 4.98 Å². The molecule has 0 fully saturated rings. The summed E-state index contributed by atoms with van der Waals surface area (Å²) in [6.07, 6.45) is 2.26. The van der Waals surface area contributed by atoms with Crippen LogP contribution in [0, 0.1) is 4.91 Å². The highest BCUT2D eigenvalue weighted by Gasteiger charge is 2.04. The molecular formula is C9H10N2O2. The first-order valence-corrected chi connectivity index (χ1v) is 3.80. The Bertz CT molecular complexity index is 323. The first kappa shape index (κ1) is 9.38. The van der Waals surface area contributed by atoms with Gasteiger partial charge >= 0.3 is 0 Å². The molecule has 0 spiro atoms. The number of hydrogen-bond donors (Lipinski definition) is 0. The Labute approximate surface area is 76.2 Å². The minimum atomic E-state index is 0.164. The molecule has 68 valence electrons. The quantitative estimate of drug-likeness (QED) is 0.524. The predicted molar refractivity (Wildman–Crippen MR) is 50.1 cm³/mol. The van der Waals surface area contributed by atoms with E-state index in [1.165, 1.54) is 6.07 Å². The number of methoxy groups -OCH3 is 1. The summed E-state index contributed by atoms with van der Waals surface area (Å²) < 4.78 is 5.04. The Hall–Kier alpha value is -1.71. The van der Waals surface area contributed by atoms with Gasteiger partial charge in [0.2, 0.25) is 0 Å². The van der Waals surface area contributed by atoms with E-state index in [9.17, 15) is 4.91 Å². The summed E-state index contributed by atoms with van der Waals surface area (Å²) in [4.78, 5) is 14.2.